The summed E-state index contributed by atoms with van der Waals surface area (Å²) >= 11 is 1.72. The Morgan fingerprint density at radius 1 is 1.23 bits per heavy atom. The van der Waals surface area contributed by atoms with Crippen molar-refractivity contribution in [1.82, 2.24) is 4.98 Å². The molecule has 2 aliphatic rings. The highest BCUT2D eigenvalue weighted by molar-refractivity contribution is 7.09. The molecule has 0 radical (unpaired) electrons. The second-order valence-electron chi connectivity index (χ2n) is 6.51. The highest BCUT2D eigenvalue weighted by Crippen LogP contribution is 2.49. The van der Waals surface area contributed by atoms with Crippen molar-refractivity contribution < 1.29 is 4.74 Å². The number of rotatable bonds is 3. The maximum Gasteiger partial charge on any atom is 0.210 e. The summed E-state index contributed by atoms with van der Waals surface area (Å²) in [5, 5.41) is 3.25. The van der Waals surface area contributed by atoms with Gasteiger partial charge in [0.2, 0.25) is 5.90 Å². The summed E-state index contributed by atoms with van der Waals surface area (Å²) in [6, 6.07) is 10.9. The average Bonchev–Trinajstić information content (AvgIpc) is 2.92. The first-order valence-corrected chi connectivity index (χ1v) is 8.41. The third-order valence-electron chi connectivity index (χ3n) is 3.99. The number of aromatic nitrogens is 1. The summed E-state index contributed by atoms with van der Waals surface area (Å²) in [7, 11) is 0. The molecule has 0 spiro atoms. The summed E-state index contributed by atoms with van der Waals surface area (Å²) in [6.07, 6.45) is 0. The highest BCUT2D eigenvalue weighted by atomic mass is 32.1. The minimum Gasteiger partial charge on any atom is -0.477 e. The van der Waals surface area contributed by atoms with E-state index in [0.29, 0.717) is 6.61 Å². The van der Waals surface area contributed by atoms with Crippen LogP contribution in [0.15, 0.2) is 40.7 Å². The molecule has 1 saturated heterocycles. The number of aryl methyl sites for hydroxylation is 1. The smallest absolute Gasteiger partial charge is 0.210 e. The minimum atomic E-state index is -0.121. The van der Waals surface area contributed by atoms with Crippen LogP contribution in [0, 0.1) is 6.92 Å². The zero-order chi connectivity index (χ0) is 15.3. The van der Waals surface area contributed by atoms with E-state index in [4.69, 9.17) is 9.73 Å². The van der Waals surface area contributed by atoms with E-state index >= 15 is 0 Å². The van der Waals surface area contributed by atoms with Gasteiger partial charge in [0.1, 0.15) is 23.7 Å². The van der Waals surface area contributed by atoms with E-state index < -0.39 is 0 Å². The Morgan fingerprint density at radius 3 is 2.59 bits per heavy atom. The lowest BCUT2D eigenvalue weighted by Crippen LogP contribution is -2.17. The maximum atomic E-state index is 5.89. The molecular formula is C17H19N3OS. The molecule has 2 unspecified atom stereocenters. The average molecular weight is 313 g/mol. The number of para-hydroxylation sites is 1. The Hall–Kier alpha value is -1.88. The van der Waals surface area contributed by atoms with E-state index in [1.54, 1.807) is 11.3 Å². The molecule has 114 valence electrons. The first-order chi connectivity index (χ1) is 10.6. The van der Waals surface area contributed by atoms with Gasteiger partial charge in [0.15, 0.2) is 0 Å². The lowest BCUT2D eigenvalue weighted by atomic mass is 10.1. The molecule has 0 aliphatic carbocycles. The van der Waals surface area contributed by atoms with Crippen LogP contribution in [0.4, 0.5) is 5.69 Å². The van der Waals surface area contributed by atoms with Crippen LogP contribution in [0.5, 0.6) is 0 Å². The lowest BCUT2D eigenvalue weighted by molar-refractivity contribution is 0.275. The molecule has 22 heavy (non-hydrogen) atoms. The molecule has 2 atom stereocenters. The molecule has 4 rings (SSSR count). The second-order valence-corrected chi connectivity index (χ2v) is 7.40. The van der Waals surface area contributed by atoms with E-state index in [9.17, 15) is 0 Å². The molecule has 1 fully saturated rings. The Bertz CT molecular complexity index is 723. The summed E-state index contributed by atoms with van der Waals surface area (Å²) in [5.41, 5.74) is 2.15. The number of hydrogen-bond acceptors (Lipinski definition) is 5. The first kappa shape index (κ1) is 13.8. The summed E-state index contributed by atoms with van der Waals surface area (Å²) in [5.74, 6) is 0.853. The van der Waals surface area contributed by atoms with Crippen LogP contribution in [0.1, 0.15) is 30.6 Å². The minimum absolute atomic E-state index is 0.121. The topological polar surface area (TPSA) is 37.5 Å². The standard InChI is InChI=1S/C17H19N3OS/c1-11-9-22-16(18-11)14-13(15-19-17(2,3)10-21-15)20(14)12-7-5-4-6-8-12/h4-9,13-14H,10H2,1-3H3. The second kappa shape index (κ2) is 4.81. The van der Waals surface area contributed by atoms with Crippen LogP contribution in [-0.4, -0.2) is 29.1 Å². The third-order valence-corrected chi connectivity index (χ3v) is 5.03. The highest BCUT2D eigenvalue weighted by Gasteiger charge is 2.56. The Kier molecular flexibility index (Phi) is 3.01. The van der Waals surface area contributed by atoms with Crippen molar-refractivity contribution in [3.8, 4) is 0 Å². The van der Waals surface area contributed by atoms with E-state index in [1.807, 2.05) is 13.0 Å². The molecule has 3 heterocycles. The van der Waals surface area contributed by atoms with Gasteiger partial charge in [0, 0.05) is 16.8 Å². The monoisotopic (exact) mass is 313 g/mol. The molecule has 0 N–H and O–H groups in total. The summed E-state index contributed by atoms with van der Waals surface area (Å²) < 4.78 is 5.89. The van der Waals surface area contributed by atoms with Crippen LogP contribution < -0.4 is 4.90 Å². The maximum absolute atomic E-state index is 5.89. The predicted molar refractivity (Wildman–Crippen MR) is 89.8 cm³/mol. The normalized spacial score (nSPS) is 25.8. The number of nitrogens with zero attached hydrogens (tertiary/aromatic N) is 3. The van der Waals surface area contributed by atoms with E-state index in [-0.39, 0.29) is 17.6 Å². The molecule has 2 aliphatic heterocycles. The summed E-state index contributed by atoms with van der Waals surface area (Å²) in [6.45, 7) is 6.91. The van der Waals surface area contributed by atoms with E-state index in [0.717, 1.165) is 16.6 Å². The van der Waals surface area contributed by atoms with Gasteiger partial charge in [-0.2, -0.15) is 0 Å². The van der Waals surface area contributed by atoms with Gasteiger partial charge in [-0.05, 0) is 32.9 Å². The number of benzene rings is 1. The van der Waals surface area contributed by atoms with Crippen LogP contribution >= 0.6 is 11.3 Å². The molecule has 2 aromatic rings. The van der Waals surface area contributed by atoms with Crippen molar-refractivity contribution in [1.29, 1.82) is 0 Å². The van der Waals surface area contributed by atoms with Crippen molar-refractivity contribution in [2.45, 2.75) is 38.4 Å². The van der Waals surface area contributed by atoms with Crippen molar-refractivity contribution in [3.63, 3.8) is 0 Å². The van der Waals surface area contributed by atoms with Gasteiger partial charge >= 0.3 is 0 Å². The quantitative estimate of drug-likeness (QED) is 0.813. The van der Waals surface area contributed by atoms with Crippen LogP contribution in [0.2, 0.25) is 0 Å². The Morgan fingerprint density at radius 2 is 2.00 bits per heavy atom. The fourth-order valence-corrected chi connectivity index (χ4v) is 3.86. The molecule has 0 saturated carbocycles. The molecular weight excluding hydrogens is 294 g/mol. The lowest BCUT2D eigenvalue weighted by Gasteiger charge is -2.07. The van der Waals surface area contributed by atoms with Gasteiger partial charge in [-0.1, -0.05) is 18.2 Å². The van der Waals surface area contributed by atoms with Crippen LogP contribution in [0.25, 0.3) is 0 Å². The Balaban J connectivity index is 1.69. The van der Waals surface area contributed by atoms with Crippen molar-refractivity contribution >= 4 is 22.9 Å². The molecule has 0 amide bonds. The number of aliphatic imine (C=N–C) groups is 1. The van der Waals surface area contributed by atoms with Gasteiger partial charge < -0.3 is 9.64 Å². The number of anilines is 1. The van der Waals surface area contributed by atoms with Gasteiger partial charge in [-0.15, -0.1) is 11.3 Å². The fraction of sp³-hybridized carbons (Fsp3) is 0.412. The molecule has 1 aromatic heterocycles. The van der Waals surface area contributed by atoms with Crippen LogP contribution in [0.3, 0.4) is 0 Å². The van der Waals surface area contributed by atoms with Gasteiger partial charge in [0.25, 0.3) is 0 Å². The molecule has 0 bridgehead atoms. The van der Waals surface area contributed by atoms with Crippen molar-refractivity contribution in [2.75, 3.05) is 11.5 Å². The van der Waals surface area contributed by atoms with Crippen molar-refractivity contribution in [3.05, 3.63) is 46.4 Å². The van der Waals surface area contributed by atoms with Gasteiger partial charge in [-0.3, -0.25) is 0 Å². The zero-order valence-electron chi connectivity index (χ0n) is 13.0. The molecule has 1 aromatic carbocycles. The number of thiazole rings is 1. The third kappa shape index (κ3) is 2.29. The molecule has 4 nitrogen and oxygen atoms in total. The largest absolute Gasteiger partial charge is 0.477 e. The van der Waals surface area contributed by atoms with Crippen molar-refractivity contribution in [2.24, 2.45) is 4.99 Å². The summed E-state index contributed by atoms with van der Waals surface area (Å²) in [4.78, 5) is 11.8. The first-order valence-electron chi connectivity index (χ1n) is 7.53. The fourth-order valence-electron chi connectivity index (χ4n) is 2.93. The number of hydrogen-bond donors (Lipinski definition) is 0. The SMILES string of the molecule is Cc1csc(C2C(C3=NC(C)(C)CO3)N2c2ccccc2)n1. The van der Waals surface area contributed by atoms with Crippen LogP contribution in [-0.2, 0) is 4.74 Å². The van der Waals surface area contributed by atoms with Gasteiger partial charge in [0.05, 0.1) is 5.54 Å². The van der Waals surface area contributed by atoms with E-state index in [1.165, 1.54) is 5.69 Å². The van der Waals surface area contributed by atoms with Gasteiger partial charge in [-0.25, -0.2) is 9.98 Å². The Labute approximate surface area is 134 Å². The predicted octanol–water partition coefficient (Wildman–Crippen LogP) is 3.59. The zero-order valence-corrected chi connectivity index (χ0v) is 13.8. The molecule has 5 heteroatoms. The van der Waals surface area contributed by atoms with E-state index in [2.05, 4.69) is 53.4 Å². The number of ether oxygens (including phenoxy) is 1.